The van der Waals surface area contributed by atoms with Crippen LogP contribution in [0.25, 0.3) is 0 Å². The first kappa shape index (κ1) is 19.4. The lowest BCUT2D eigenvalue weighted by Gasteiger charge is -2.15. The third-order valence-corrected chi connectivity index (χ3v) is 5.75. The summed E-state index contributed by atoms with van der Waals surface area (Å²) in [5.74, 6) is 0. The van der Waals surface area contributed by atoms with Crippen LogP contribution in [0.2, 0.25) is 0 Å². The first-order chi connectivity index (χ1) is 11.5. The van der Waals surface area contributed by atoms with Gasteiger partial charge < -0.3 is 4.90 Å². The molecule has 0 amide bonds. The van der Waals surface area contributed by atoms with Crippen molar-refractivity contribution in [2.24, 2.45) is 0 Å². The van der Waals surface area contributed by atoms with Crippen LogP contribution in [0.3, 0.4) is 0 Å². The van der Waals surface area contributed by atoms with E-state index < -0.39 is 20.1 Å². The topological polar surface area (TPSA) is 104 Å². The number of nitrogens with one attached hydrogen (secondary N) is 1. The van der Waals surface area contributed by atoms with Crippen molar-refractivity contribution >= 4 is 25.8 Å². The molecule has 2 aromatic carbocycles. The Morgan fingerprint density at radius 3 is 2.12 bits per heavy atom. The highest BCUT2D eigenvalue weighted by Crippen LogP contribution is 2.24. The Hall–Kier alpha value is -1.94. The van der Waals surface area contributed by atoms with Gasteiger partial charge in [-0.2, -0.15) is 8.42 Å². The highest BCUT2D eigenvalue weighted by Gasteiger charge is 2.19. The van der Waals surface area contributed by atoms with Gasteiger partial charge in [0.05, 0.1) is 10.6 Å². The van der Waals surface area contributed by atoms with Crippen LogP contribution in [-0.2, 0) is 26.7 Å². The summed E-state index contributed by atoms with van der Waals surface area (Å²) >= 11 is 0. The standard InChI is InChI=1S/C16H20N2O5S2/c1-12-4-8-15(9-5-12)24(19,20)17-14-7-6-13(11-18(2)3)16(10-14)25(21,22)23/h4-10,17H,11H2,1-3H3,(H,21,22,23). The SMILES string of the molecule is Cc1ccc(S(=O)(=O)Nc2ccc(CN(C)C)c(S(=O)(=O)O)c2)cc1. The van der Waals surface area contributed by atoms with Gasteiger partial charge >= 0.3 is 0 Å². The number of hydrogen-bond donors (Lipinski definition) is 2. The van der Waals surface area contributed by atoms with E-state index in [1.54, 1.807) is 31.1 Å². The van der Waals surface area contributed by atoms with Crippen LogP contribution < -0.4 is 4.72 Å². The van der Waals surface area contributed by atoms with Gasteiger partial charge in [-0.15, -0.1) is 0 Å². The van der Waals surface area contributed by atoms with Crippen molar-refractivity contribution in [1.82, 2.24) is 4.90 Å². The highest BCUT2D eigenvalue weighted by molar-refractivity contribution is 7.92. The summed E-state index contributed by atoms with van der Waals surface area (Å²) < 4.78 is 59.8. The van der Waals surface area contributed by atoms with Gasteiger partial charge in [-0.1, -0.05) is 23.8 Å². The fourth-order valence-corrected chi connectivity index (χ4v) is 4.05. The van der Waals surface area contributed by atoms with Crippen molar-refractivity contribution in [3.8, 4) is 0 Å². The van der Waals surface area contributed by atoms with E-state index in [9.17, 15) is 21.4 Å². The van der Waals surface area contributed by atoms with E-state index in [0.29, 0.717) is 5.56 Å². The van der Waals surface area contributed by atoms with E-state index >= 15 is 0 Å². The molecule has 0 aromatic heterocycles. The maximum Gasteiger partial charge on any atom is 0.294 e. The third-order valence-electron chi connectivity index (χ3n) is 3.42. The lowest BCUT2D eigenvalue weighted by atomic mass is 10.2. The number of nitrogens with zero attached hydrogens (tertiary/aromatic N) is 1. The molecular weight excluding hydrogens is 364 g/mol. The zero-order valence-electron chi connectivity index (χ0n) is 14.1. The minimum absolute atomic E-state index is 0.0516. The Morgan fingerprint density at radius 2 is 1.60 bits per heavy atom. The number of aryl methyl sites for hydroxylation is 1. The Labute approximate surface area is 148 Å². The Morgan fingerprint density at radius 1 is 1.00 bits per heavy atom. The van der Waals surface area contributed by atoms with Gasteiger partial charge in [-0.25, -0.2) is 8.42 Å². The molecule has 0 aliphatic rings. The summed E-state index contributed by atoms with van der Waals surface area (Å²) in [5.41, 5.74) is 1.34. The molecule has 2 rings (SSSR count). The van der Waals surface area contributed by atoms with Crippen molar-refractivity contribution in [1.29, 1.82) is 0 Å². The molecule has 136 valence electrons. The molecule has 25 heavy (non-hydrogen) atoms. The second-order valence-electron chi connectivity index (χ2n) is 5.95. The monoisotopic (exact) mass is 384 g/mol. The predicted molar refractivity (Wildman–Crippen MR) is 95.6 cm³/mol. The van der Waals surface area contributed by atoms with E-state index in [2.05, 4.69) is 4.72 Å². The number of hydrogen-bond acceptors (Lipinski definition) is 5. The molecule has 2 aromatic rings. The quantitative estimate of drug-likeness (QED) is 0.739. The molecule has 0 aliphatic heterocycles. The largest absolute Gasteiger partial charge is 0.305 e. The van der Waals surface area contributed by atoms with Gasteiger partial charge in [0.25, 0.3) is 20.1 Å². The minimum atomic E-state index is -4.49. The number of anilines is 1. The lowest BCUT2D eigenvalue weighted by Crippen LogP contribution is -2.16. The summed E-state index contributed by atoms with van der Waals surface area (Å²) in [6.45, 7) is 2.12. The highest BCUT2D eigenvalue weighted by atomic mass is 32.2. The molecule has 0 bridgehead atoms. The molecule has 0 radical (unpaired) electrons. The van der Waals surface area contributed by atoms with Gasteiger partial charge in [0.1, 0.15) is 4.90 Å². The van der Waals surface area contributed by atoms with Gasteiger partial charge in [-0.05, 0) is 50.8 Å². The smallest absolute Gasteiger partial charge is 0.294 e. The Kier molecular flexibility index (Phi) is 5.52. The van der Waals surface area contributed by atoms with E-state index in [4.69, 9.17) is 0 Å². The number of benzene rings is 2. The molecule has 0 spiro atoms. The molecule has 0 aliphatic carbocycles. The normalized spacial score (nSPS) is 12.4. The van der Waals surface area contributed by atoms with Crippen molar-refractivity contribution in [3.05, 3.63) is 53.6 Å². The van der Waals surface area contributed by atoms with Crippen LogP contribution in [0.5, 0.6) is 0 Å². The van der Waals surface area contributed by atoms with Crippen LogP contribution >= 0.6 is 0 Å². The Balaban J connectivity index is 2.41. The number of rotatable bonds is 6. The van der Waals surface area contributed by atoms with Crippen LogP contribution in [0.15, 0.2) is 52.3 Å². The molecule has 9 heteroatoms. The molecule has 0 atom stereocenters. The summed E-state index contributed by atoms with van der Waals surface area (Å²) in [5, 5.41) is 0. The summed E-state index contributed by atoms with van der Waals surface area (Å²) in [7, 11) is -4.85. The molecule has 0 heterocycles. The van der Waals surface area contributed by atoms with E-state index in [0.717, 1.165) is 11.6 Å². The van der Waals surface area contributed by atoms with E-state index in [-0.39, 0.29) is 22.0 Å². The first-order valence-corrected chi connectivity index (χ1v) is 10.3. The van der Waals surface area contributed by atoms with E-state index in [1.165, 1.54) is 24.3 Å². The van der Waals surface area contributed by atoms with Crippen molar-refractivity contribution in [2.45, 2.75) is 23.3 Å². The minimum Gasteiger partial charge on any atom is -0.305 e. The zero-order chi connectivity index (χ0) is 18.8. The van der Waals surface area contributed by atoms with Crippen molar-refractivity contribution in [2.75, 3.05) is 18.8 Å². The van der Waals surface area contributed by atoms with Crippen molar-refractivity contribution < 1.29 is 21.4 Å². The van der Waals surface area contributed by atoms with Gasteiger partial charge in [0.15, 0.2) is 0 Å². The van der Waals surface area contributed by atoms with Crippen molar-refractivity contribution in [3.63, 3.8) is 0 Å². The molecule has 7 nitrogen and oxygen atoms in total. The van der Waals surface area contributed by atoms with Gasteiger partial charge in [-0.3, -0.25) is 9.27 Å². The van der Waals surface area contributed by atoms with E-state index in [1.807, 2.05) is 6.92 Å². The molecule has 0 unspecified atom stereocenters. The molecule has 0 saturated heterocycles. The zero-order valence-corrected chi connectivity index (χ0v) is 15.7. The summed E-state index contributed by atoms with van der Waals surface area (Å²) in [4.78, 5) is 1.47. The predicted octanol–water partition coefficient (Wildman–Crippen LogP) is 2.10. The second-order valence-corrected chi connectivity index (χ2v) is 9.03. The molecular formula is C16H20N2O5S2. The maximum atomic E-state index is 12.4. The molecule has 0 fully saturated rings. The molecule has 2 N–H and O–H groups in total. The van der Waals surface area contributed by atoms with Gasteiger partial charge in [0.2, 0.25) is 0 Å². The van der Waals surface area contributed by atoms with Crippen LogP contribution in [0.4, 0.5) is 5.69 Å². The van der Waals surface area contributed by atoms with Crippen LogP contribution in [0.1, 0.15) is 11.1 Å². The fraction of sp³-hybridized carbons (Fsp3) is 0.250. The average Bonchev–Trinajstić information content (AvgIpc) is 2.47. The first-order valence-electron chi connectivity index (χ1n) is 7.34. The number of sulfonamides is 1. The van der Waals surface area contributed by atoms with Gasteiger partial charge in [0, 0.05) is 6.54 Å². The fourth-order valence-electron chi connectivity index (χ4n) is 2.26. The summed E-state index contributed by atoms with van der Waals surface area (Å²) in [6, 6.07) is 10.3. The second kappa shape index (κ2) is 7.12. The maximum absolute atomic E-state index is 12.4. The average molecular weight is 384 g/mol. The molecule has 0 saturated carbocycles. The summed E-state index contributed by atoms with van der Waals surface area (Å²) in [6.07, 6.45) is 0. The van der Waals surface area contributed by atoms with Crippen LogP contribution in [0, 0.1) is 6.92 Å². The third kappa shape index (κ3) is 5.02. The van der Waals surface area contributed by atoms with Crippen LogP contribution in [-0.4, -0.2) is 40.4 Å². The lowest BCUT2D eigenvalue weighted by molar-refractivity contribution is 0.397. The Bertz CT molecular complexity index is 966.